The molecule has 74 heavy (non-hydrogen) atoms. The van der Waals surface area contributed by atoms with Gasteiger partial charge in [0.15, 0.2) is 60.9 Å². The highest BCUT2D eigenvalue weighted by Gasteiger charge is 2.56. The average Bonchev–Trinajstić information content (AvgIpc) is 4.16. The van der Waals surface area contributed by atoms with Crippen LogP contribution in [0.4, 0.5) is 16.0 Å². The Labute approximate surface area is 431 Å². The molecule has 2 aromatic carbocycles. The predicted octanol–water partition coefficient (Wildman–Crippen LogP) is 7.83. The van der Waals surface area contributed by atoms with E-state index < -0.39 is 91.2 Å². The number of amides is 2. The largest absolute Gasteiger partial charge is 0.407 e. The Bertz CT molecular complexity index is 3110. The zero-order chi connectivity index (χ0) is 52.2. The van der Waals surface area contributed by atoms with E-state index in [1.807, 2.05) is 6.07 Å². The van der Waals surface area contributed by atoms with Crippen molar-refractivity contribution in [2.24, 2.45) is 0 Å². The minimum Gasteiger partial charge on any atom is -0.407 e. The molecule has 23 nitrogen and oxygen atoms in total. The second kappa shape index (κ2) is 22.7. The first-order valence-electron chi connectivity index (χ1n) is 23.3. The van der Waals surface area contributed by atoms with Gasteiger partial charge in [-0.2, -0.15) is 5.26 Å². The average molecular weight is 1090 g/mol. The van der Waals surface area contributed by atoms with Gasteiger partial charge in [-0.3, -0.25) is 23.2 Å². The molecule has 3 fully saturated rings. The fourth-order valence-corrected chi connectivity index (χ4v) is 12.4. The molecule has 28 heteroatoms. The third-order valence-electron chi connectivity index (χ3n) is 12.7. The number of anilines is 2. The van der Waals surface area contributed by atoms with Crippen molar-refractivity contribution in [1.82, 2.24) is 39.0 Å². The van der Waals surface area contributed by atoms with Crippen molar-refractivity contribution >= 4 is 81.2 Å². The van der Waals surface area contributed by atoms with Gasteiger partial charge in [0.25, 0.3) is 11.8 Å². The van der Waals surface area contributed by atoms with Crippen LogP contribution < -0.4 is 10.6 Å². The number of carbonyl (C=O) groups excluding carboxylic acids is 2. The van der Waals surface area contributed by atoms with Crippen LogP contribution in [0.5, 0.6) is 0 Å². The van der Waals surface area contributed by atoms with Crippen molar-refractivity contribution in [2.75, 3.05) is 43.6 Å². The highest BCUT2D eigenvalue weighted by Crippen LogP contribution is 2.57. The van der Waals surface area contributed by atoms with Crippen LogP contribution in [0, 0.1) is 17.9 Å². The van der Waals surface area contributed by atoms with E-state index in [4.69, 9.17) is 59.4 Å². The van der Waals surface area contributed by atoms with Crippen molar-refractivity contribution in [2.45, 2.75) is 94.5 Å². The number of hydrogen-bond acceptors (Lipinski definition) is 19. The number of imidazole rings is 2. The lowest BCUT2D eigenvalue weighted by molar-refractivity contribution is -0.0610. The molecule has 6 aromatic rings. The van der Waals surface area contributed by atoms with E-state index in [-0.39, 0.29) is 71.8 Å². The Hall–Kier alpha value is -5.67. The fraction of sp³-hybridized carbons (Fsp3) is 0.435. The summed E-state index contributed by atoms with van der Waals surface area (Å²) in [5.41, 5.74) is 1.61. The van der Waals surface area contributed by atoms with Crippen molar-refractivity contribution in [3.8, 4) is 6.07 Å². The van der Waals surface area contributed by atoms with E-state index in [0.717, 1.165) is 0 Å². The summed E-state index contributed by atoms with van der Waals surface area (Å²) in [6.45, 7) is 12.6. The number of nitrogens with zero attached hydrogens (tertiary/aromatic N) is 10. The number of nitrogens with one attached hydrogen (secondary N) is 2. The van der Waals surface area contributed by atoms with Crippen LogP contribution in [0.15, 0.2) is 86.0 Å². The van der Waals surface area contributed by atoms with Crippen LogP contribution in [0.1, 0.15) is 60.4 Å². The van der Waals surface area contributed by atoms with Gasteiger partial charge >= 0.3 is 15.3 Å². The molecule has 0 spiro atoms. The fourth-order valence-electron chi connectivity index (χ4n) is 7.92. The molecule has 4 unspecified atom stereocenters. The summed E-state index contributed by atoms with van der Waals surface area (Å²) >= 11 is 6.15. The summed E-state index contributed by atoms with van der Waals surface area (Å²) in [5.74, 6) is -0.627. The minimum absolute atomic E-state index is 0.0464. The van der Waals surface area contributed by atoms with Crippen LogP contribution in [0.25, 0.3) is 27.2 Å². The molecule has 3 saturated heterocycles. The Morgan fingerprint density at radius 1 is 0.878 bits per heavy atom. The standard InChI is InChI=1S/C46H51FN12O11P2SSi/c1-46(2,3)74(5,6)70-37-36-30(67-45(37)59-27-55-34-39(51-25-53-41(34)59)57-43(61)29-16-11-8-12-17-29)22-63-71(62-20-13-18-48)68-35-31(23-65-72(73,69-36)64-21-19-49-4)66-44(32(35)47)58-26-54-33-38(50-24-52-40(33)58)56-42(60)28-14-9-7-10-15-28/h7-12,14-17,24-27,30-32,35-37,44-45H,13,19-23H2,1-3,5-6H3,(H,50,52,56,60)(H,51,53,57,61)/t30-,31-,32+,35?,36+,37?,44-,45-,71?,72?/m1/s1. The Kier molecular flexibility index (Phi) is 16.3. The molecule has 388 valence electrons. The molecule has 4 aromatic heterocycles. The van der Waals surface area contributed by atoms with Gasteiger partial charge < -0.3 is 52.0 Å². The van der Waals surface area contributed by atoms with Gasteiger partial charge in [0, 0.05) is 11.1 Å². The summed E-state index contributed by atoms with van der Waals surface area (Å²) in [4.78, 5) is 56.4. The first-order valence-corrected chi connectivity index (χ1v) is 29.8. The quantitative estimate of drug-likeness (QED) is 0.0456. The molecule has 7 heterocycles. The number of nitriles is 1. The molecule has 3 aliphatic rings. The lowest BCUT2D eigenvalue weighted by Gasteiger charge is -2.41. The van der Waals surface area contributed by atoms with E-state index in [1.165, 1.54) is 29.9 Å². The van der Waals surface area contributed by atoms with Gasteiger partial charge in [-0.05, 0) is 54.2 Å². The number of fused-ring (bicyclic) bond motifs is 4. The number of hydrogen-bond donors (Lipinski definition) is 2. The van der Waals surface area contributed by atoms with Gasteiger partial charge in [-0.25, -0.2) is 40.9 Å². The highest BCUT2D eigenvalue weighted by atomic mass is 32.5. The van der Waals surface area contributed by atoms with Gasteiger partial charge in [0.2, 0.25) is 6.54 Å². The number of rotatable bonds is 14. The second-order valence-corrected chi connectivity index (χ2v) is 27.4. The van der Waals surface area contributed by atoms with Gasteiger partial charge in [0.05, 0.1) is 45.0 Å². The smallest absolute Gasteiger partial charge is 0.333 e. The summed E-state index contributed by atoms with van der Waals surface area (Å²) in [6, 6.07) is 19.2. The lowest BCUT2D eigenvalue weighted by Crippen LogP contribution is -2.49. The maximum atomic E-state index is 17.3. The molecule has 2 N–H and O–H groups in total. The molecular formula is C46H51FN12O11P2SSi. The van der Waals surface area contributed by atoms with Crippen LogP contribution in [0.3, 0.4) is 0 Å². The van der Waals surface area contributed by atoms with Crippen molar-refractivity contribution < 1.29 is 55.0 Å². The molecular weight excluding hydrogens is 1040 g/mol. The van der Waals surface area contributed by atoms with Crippen LogP contribution in [-0.4, -0.2) is 129 Å². The zero-order valence-corrected chi connectivity index (χ0v) is 44.2. The Morgan fingerprint density at radius 2 is 1.45 bits per heavy atom. The van der Waals surface area contributed by atoms with Crippen LogP contribution in [-0.2, 0) is 52.8 Å². The van der Waals surface area contributed by atoms with Crippen molar-refractivity contribution in [3.05, 3.63) is 109 Å². The molecule has 10 atom stereocenters. The Morgan fingerprint density at radius 3 is 2.01 bits per heavy atom. The third kappa shape index (κ3) is 11.4. The first kappa shape index (κ1) is 53.2. The van der Waals surface area contributed by atoms with Crippen molar-refractivity contribution in [3.63, 3.8) is 0 Å². The minimum atomic E-state index is -3.99. The van der Waals surface area contributed by atoms with E-state index >= 15 is 4.39 Å². The maximum absolute atomic E-state index is 17.3. The van der Waals surface area contributed by atoms with Gasteiger partial charge in [-0.1, -0.05) is 57.2 Å². The maximum Gasteiger partial charge on any atom is 0.333 e. The van der Waals surface area contributed by atoms with E-state index in [1.54, 1.807) is 65.2 Å². The monoisotopic (exact) mass is 1090 g/mol. The van der Waals surface area contributed by atoms with E-state index in [2.05, 4.69) is 79.2 Å². The van der Waals surface area contributed by atoms with Crippen LogP contribution in [0.2, 0.25) is 18.1 Å². The highest BCUT2D eigenvalue weighted by molar-refractivity contribution is 8.07. The number of aromatic nitrogens is 8. The number of ether oxygens (including phenoxy) is 2. The summed E-state index contributed by atoms with van der Waals surface area (Å²) < 4.78 is 79.1. The number of benzene rings is 2. The lowest BCUT2D eigenvalue weighted by atomic mass is 10.1. The third-order valence-corrected chi connectivity index (χ3v) is 20.7. The molecule has 0 radical (unpaired) electrons. The molecule has 0 aliphatic carbocycles. The topological polar surface area (TPSA) is 257 Å². The number of alkyl halides is 1. The predicted molar refractivity (Wildman–Crippen MR) is 271 cm³/mol. The molecule has 0 saturated carbocycles. The number of carbonyl (C=O) groups is 2. The molecule has 2 amide bonds. The molecule has 0 bridgehead atoms. The van der Waals surface area contributed by atoms with Gasteiger partial charge in [0.1, 0.15) is 49.8 Å². The summed E-state index contributed by atoms with van der Waals surface area (Å²) in [5, 5.41) is 14.7. The number of halogens is 1. The zero-order valence-electron chi connectivity index (χ0n) is 40.6. The van der Waals surface area contributed by atoms with E-state index in [0.29, 0.717) is 11.1 Å². The van der Waals surface area contributed by atoms with E-state index in [9.17, 15) is 14.9 Å². The summed E-state index contributed by atoms with van der Waals surface area (Å²) in [7, 11) is -5.24. The van der Waals surface area contributed by atoms with Crippen LogP contribution >= 0.6 is 15.3 Å². The second-order valence-electron chi connectivity index (χ2n) is 18.5. The van der Waals surface area contributed by atoms with Gasteiger partial charge in [-0.15, -0.1) is 0 Å². The molecule has 9 rings (SSSR count). The normalized spacial score (nSPS) is 26.5. The SMILES string of the molecule is [C-]#[N+]CCOP1(=S)OC[C@H]2O[C@@H](n3cnc4c(NC(=O)c5ccccc5)ncnc43)[C@@H](F)C2OP(OCCC#N)OC[C@H]2O[C@@H](n3cnc4c(NC(=O)c5ccccc5)ncnc43)C(O[Si](C)(C)C(C)(C)C)[C@H]2O1. The first-order chi connectivity index (χ1) is 35.6. The van der Waals surface area contributed by atoms with Crippen molar-refractivity contribution in [1.29, 1.82) is 5.26 Å². The Balaban J connectivity index is 1.06. The molecule has 3 aliphatic heterocycles. The summed E-state index contributed by atoms with van der Waals surface area (Å²) in [6.07, 6.45) is -5.13.